The fourth-order valence-electron chi connectivity index (χ4n) is 2.50. The third kappa shape index (κ3) is 3.70. The molecule has 5 nitrogen and oxygen atoms in total. The van der Waals surface area contributed by atoms with Crippen LogP contribution in [0.1, 0.15) is 40.5 Å². The molecule has 0 amide bonds. The molecular formula is C18H21BClFN2O3. The van der Waals surface area contributed by atoms with Crippen LogP contribution in [0.2, 0.25) is 5.02 Å². The molecular weight excluding hydrogens is 357 g/mol. The summed E-state index contributed by atoms with van der Waals surface area (Å²) in [5.41, 5.74) is -0.453. The monoisotopic (exact) mass is 378 g/mol. The van der Waals surface area contributed by atoms with E-state index in [1.165, 1.54) is 0 Å². The predicted octanol–water partition coefficient (Wildman–Crippen LogP) is 4.81. The van der Waals surface area contributed by atoms with Crippen LogP contribution in [-0.4, -0.2) is 28.5 Å². The number of allylic oxidation sites excluding steroid dienone is 1. The molecule has 3 rings (SSSR count). The van der Waals surface area contributed by atoms with E-state index in [0.29, 0.717) is 22.3 Å². The Kier molecular flexibility index (Phi) is 4.99. The molecule has 1 aliphatic rings. The molecule has 0 radical (unpaired) electrons. The predicted molar refractivity (Wildman–Crippen MR) is 98.3 cm³/mol. The summed E-state index contributed by atoms with van der Waals surface area (Å²) in [4.78, 5) is 4.31. The van der Waals surface area contributed by atoms with Crippen molar-refractivity contribution >= 4 is 18.7 Å². The molecule has 8 heteroatoms. The van der Waals surface area contributed by atoms with Crippen LogP contribution in [0.15, 0.2) is 40.1 Å². The average molecular weight is 379 g/mol. The van der Waals surface area contributed by atoms with E-state index in [1.54, 1.807) is 31.2 Å². The zero-order valence-electron chi connectivity index (χ0n) is 15.5. The molecule has 0 atom stereocenters. The molecule has 1 aromatic carbocycles. The minimum Gasteiger partial charge on any atom is -0.398 e. The summed E-state index contributed by atoms with van der Waals surface area (Å²) < 4.78 is 31.5. The van der Waals surface area contributed by atoms with Crippen molar-refractivity contribution in [1.29, 1.82) is 0 Å². The van der Waals surface area contributed by atoms with E-state index in [2.05, 4.69) is 10.1 Å². The second-order valence-corrected chi connectivity index (χ2v) is 7.85. The van der Waals surface area contributed by atoms with Gasteiger partial charge in [-0.25, -0.2) is 4.39 Å². The second-order valence-electron chi connectivity index (χ2n) is 7.41. The van der Waals surface area contributed by atoms with Crippen LogP contribution in [0.3, 0.4) is 0 Å². The van der Waals surface area contributed by atoms with E-state index in [0.717, 1.165) is 5.56 Å². The van der Waals surface area contributed by atoms with Crippen molar-refractivity contribution in [3.63, 3.8) is 0 Å². The third-order valence-corrected chi connectivity index (χ3v) is 5.11. The molecule has 0 spiro atoms. The largest absolute Gasteiger partial charge is 0.525 e. The Labute approximate surface area is 157 Å². The molecule has 2 aromatic rings. The highest BCUT2D eigenvalue weighted by molar-refractivity contribution is 6.53. The number of hydrogen-bond acceptors (Lipinski definition) is 5. The molecule has 1 saturated heterocycles. The van der Waals surface area contributed by atoms with E-state index in [9.17, 15) is 4.39 Å². The third-order valence-electron chi connectivity index (χ3n) is 4.85. The van der Waals surface area contributed by atoms with Gasteiger partial charge in [0.25, 0.3) is 0 Å². The molecule has 0 saturated carbocycles. The van der Waals surface area contributed by atoms with Crippen molar-refractivity contribution in [3.05, 3.63) is 46.5 Å². The van der Waals surface area contributed by atoms with Crippen LogP contribution in [0.4, 0.5) is 4.39 Å². The van der Waals surface area contributed by atoms with E-state index in [1.807, 2.05) is 27.7 Å². The molecule has 2 heterocycles. The second kappa shape index (κ2) is 6.80. The fraction of sp³-hybridized carbons (Fsp3) is 0.444. The first kappa shape index (κ1) is 19.1. The van der Waals surface area contributed by atoms with E-state index < -0.39 is 24.0 Å². The molecule has 0 N–H and O–H groups in total. The molecule has 0 unspecified atom stereocenters. The van der Waals surface area contributed by atoms with Crippen molar-refractivity contribution in [2.45, 2.75) is 52.2 Å². The van der Waals surface area contributed by atoms with Crippen LogP contribution < -0.4 is 0 Å². The van der Waals surface area contributed by atoms with Crippen LogP contribution in [0.5, 0.6) is 0 Å². The Morgan fingerprint density at radius 3 is 2.27 bits per heavy atom. The molecule has 26 heavy (non-hydrogen) atoms. The van der Waals surface area contributed by atoms with Gasteiger partial charge in [-0.3, -0.25) is 0 Å². The Hall–Kier alpha value is -1.70. The van der Waals surface area contributed by atoms with Gasteiger partial charge in [0.2, 0.25) is 11.7 Å². The van der Waals surface area contributed by atoms with Gasteiger partial charge in [-0.15, -0.1) is 0 Å². The van der Waals surface area contributed by atoms with E-state index >= 15 is 0 Å². The Morgan fingerprint density at radius 2 is 1.69 bits per heavy atom. The first-order chi connectivity index (χ1) is 12.1. The molecule has 1 fully saturated rings. The quantitative estimate of drug-likeness (QED) is 0.715. The van der Waals surface area contributed by atoms with Gasteiger partial charge in [-0.2, -0.15) is 4.98 Å². The molecule has 138 valence electrons. The molecule has 1 aromatic heterocycles. The van der Waals surface area contributed by atoms with Crippen molar-refractivity contribution in [3.8, 4) is 11.4 Å². The van der Waals surface area contributed by atoms with E-state index in [-0.39, 0.29) is 6.42 Å². The molecule has 0 bridgehead atoms. The van der Waals surface area contributed by atoms with Crippen molar-refractivity contribution in [2.24, 2.45) is 0 Å². The summed E-state index contributed by atoms with van der Waals surface area (Å²) in [5, 5.41) is 4.56. The van der Waals surface area contributed by atoms with Crippen LogP contribution in [0, 0.1) is 0 Å². The standard InChI is InChI=1S/C18H21BClFN2O3/c1-11(15(21)19-25-17(2,3)18(4,5)26-19)10-14-22-16(23-24-14)12-6-8-13(20)9-7-12/h6-9H,10H2,1-5H3. The van der Waals surface area contributed by atoms with Crippen LogP contribution in [0.25, 0.3) is 11.4 Å². The summed E-state index contributed by atoms with van der Waals surface area (Å²) in [7, 11) is -1.03. The van der Waals surface area contributed by atoms with Gasteiger partial charge in [0, 0.05) is 17.0 Å². The minimum absolute atomic E-state index is 0.177. The maximum absolute atomic E-state index is 14.8. The van der Waals surface area contributed by atoms with Gasteiger partial charge in [0.15, 0.2) is 0 Å². The van der Waals surface area contributed by atoms with Gasteiger partial charge < -0.3 is 13.8 Å². The minimum atomic E-state index is -1.03. The smallest absolute Gasteiger partial charge is 0.398 e. The van der Waals surface area contributed by atoms with Gasteiger partial charge in [-0.1, -0.05) is 16.8 Å². The number of hydrogen-bond donors (Lipinski definition) is 0. The topological polar surface area (TPSA) is 57.4 Å². The maximum atomic E-state index is 14.8. The Bertz CT molecular complexity index is 817. The maximum Gasteiger partial charge on any atom is 0.525 e. The number of rotatable bonds is 4. The summed E-state index contributed by atoms with van der Waals surface area (Å²) >= 11 is 5.87. The average Bonchev–Trinajstić information content (AvgIpc) is 3.09. The van der Waals surface area contributed by atoms with Gasteiger partial charge in [0.1, 0.15) is 5.73 Å². The number of nitrogens with zero attached hydrogens (tertiary/aromatic N) is 2. The number of benzene rings is 1. The first-order valence-corrected chi connectivity index (χ1v) is 8.76. The van der Waals surface area contributed by atoms with Crippen molar-refractivity contribution in [2.75, 3.05) is 0 Å². The van der Waals surface area contributed by atoms with Crippen LogP contribution in [-0.2, 0) is 15.7 Å². The number of aromatic nitrogens is 2. The summed E-state index contributed by atoms with van der Waals surface area (Å²) in [6, 6.07) is 7.08. The lowest BCUT2D eigenvalue weighted by molar-refractivity contribution is 0.00578. The molecule has 0 aliphatic carbocycles. The lowest BCUT2D eigenvalue weighted by Crippen LogP contribution is -2.41. The number of halogens is 2. The van der Waals surface area contributed by atoms with Crippen LogP contribution >= 0.6 is 11.6 Å². The van der Waals surface area contributed by atoms with Crippen molar-refractivity contribution < 1.29 is 18.2 Å². The molecule has 1 aliphatic heterocycles. The van der Waals surface area contributed by atoms with Gasteiger partial charge in [0.05, 0.1) is 11.2 Å². The zero-order chi connectivity index (χ0) is 19.1. The highest BCUT2D eigenvalue weighted by Gasteiger charge is 2.53. The highest BCUT2D eigenvalue weighted by Crippen LogP contribution is 2.39. The SMILES string of the molecule is CC(Cc1nc(-c2ccc(Cl)cc2)no1)=C(F)B1OC(C)(C)C(C)(C)O1. The first-order valence-electron chi connectivity index (χ1n) is 8.38. The van der Waals surface area contributed by atoms with Crippen molar-refractivity contribution in [1.82, 2.24) is 10.1 Å². The normalized spacial score (nSPS) is 19.6. The summed E-state index contributed by atoms with van der Waals surface area (Å²) in [5.74, 6) is 0.750. The highest BCUT2D eigenvalue weighted by atomic mass is 35.5. The Balaban J connectivity index is 1.74. The lowest BCUT2D eigenvalue weighted by Gasteiger charge is -2.32. The summed E-state index contributed by atoms with van der Waals surface area (Å²) in [6.07, 6.45) is 0.177. The zero-order valence-corrected chi connectivity index (χ0v) is 16.2. The van der Waals surface area contributed by atoms with Gasteiger partial charge in [-0.05, 0) is 64.5 Å². The fourth-order valence-corrected chi connectivity index (χ4v) is 2.63. The van der Waals surface area contributed by atoms with Gasteiger partial charge >= 0.3 is 7.12 Å². The summed E-state index contributed by atoms with van der Waals surface area (Å²) in [6.45, 7) is 9.18. The lowest BCUT2D eigenvalue weighted by atomic mass is 9.84. The van der Waals surface area contributed by atoms with E-state index in [4.69, 9.17) is 25.4 Å². The Morgan fingerprint density at radius 1 is 1.12 bits per heavy atom.